The molecule has 2 aliphatic rings. The van der Waals surface area contributed by atoms with Gasteiger partial charge in [0.15, 0.2) is 0 Å². The molecule has 33 heavy (non-hydrogen) atoms. The summed E-state index contributed by atoms with van der Waals surface area (Å²) in [5.41, 5.74) is 3.87. The van der Waals surface area contributed by atoms with Crippen molar-refractivity contribution in [2.24, 2.45) is 9.98 Å². The van der Waals surface area contributed by atoms with Gasteiger partial charge in [-0.15, -0.1) is 0 Å². The molecule has 0 aromatic carbocycles. The molecule has 8 heteroatoms. The van der Waals surface area contributed by atoms with Crippen molar-refractivity contribution in [2.45, 2.75) is 6.92 Å². The maximum absolute atomic E-state index is 12.5. The van der Waals surface area contributed by atoms with Gasteiger partial charge in [-0.1, -0.05) is 6.08 Å². The third-order valence-corrected chi connectivity index (χ3v) is 5.07. The highest BCUT2D eigenvalue weighted by molar-refractivity contribution is 6.44. The van der Waals surface area contributed by atoms with Gasteiger partial charge in [0.2, 0.25) is 0 Å². The van der Waals surface area contributed by atoms with Gasteiger partial charge in [0.25, 0.3) is 0 Å². The van der Waals surface area contributed by atoms with E-state index in [0.717, 1.165) is 16.7 Å². The van der Waals surface area contributed by atoms with E-state index in [0.29, 0.717) is 33.6 Å². The fourth-order valence-electron chi connectivity index (χ4n) is 3.49. The van der Waals surface area contributed by atoms with Gasteiger partial charge < -0.3 is 19.4 Å². The first-order valence-electron chi connectivity index (χ1n) is 10.2. The number of allylic oxidation sites excluding steroid dienone is 5. The summed E-state index contributed by atoms with van der Waals surface area (Å²) >= 11 is 0. The Hall–Kier alpha value is -4.46. The number of nitrogens with zero attached hydrogens (tertiary/aromatic N) is 2. The zero-order chi connectivity index (χ0) is 23.4. The molecule has 4 heterocycles. The van der Waals surface area contributed by atoms with Gasteiger partial charge >= 0.3 is 11.9 Å². The zero-order valence-corrected chi connectivity index (χ0v) is 18.4. The second-order valence-electron chi connectivity index (χ2n) is 7.10. The Morgan fingerprint density at radius 2 is 1.73 bits per heavy atom. The smallest absolute Gasteiger partial charge is 0.342 e. The number of aliphatic imine (C=N–C) groups is 2. The molecular weight excluding hydrogens is 420 g/mol. The fourth-order valence-corrected chi connectivity index (χ4v) is 3.49. The van der Waals surface area contributed by atoms with E-state index in [-0.39, 0.29) is 0 Å². The Balaban J connectivity index is 1.75. The molecule has 8 nitrogen and oxygen atoms in total. The van der Waals surface area contributed by atoms with Crippen LogP contribution >= 0.6 is 0 Å². The van der Waals surface area contributed by atoms with E-state index >= 15 is 0 Å². The summed E-state index contributed by atoms with van der Waals surface area (Å²) in [6.45, 7) is 1.88. The minimum Gasteiger partial charge on any atom is -0.465 e. The number of hydrogen-bond donors (Lipinski definition) is 2. The molecule has 4 rings (SSSR count). The minimum atomic E-state index is -0.481. The first-order valence-corrected chi connectivity index (χ1v) is 10.2. The monoisotopic (exact) mass is 442 g/mol. The highest BCUT2D eigenvalue weighted by Crippen LogP contribution is 2.23. The molecule has 0 unspecified atom stereocenters. The van der Waals surface area contributed by atoms with Crippen molar-refractivity contribution < 1.29 is 19.1 Å². The second kappa shape index (κ2) is 9.35. The maximum Gasteiger partial charge on any atom is 0.342 e. The van der Waals surface area contributed by atoms with Crippen molar-refractivity contribution in [3.63, 3.8) is 0 Å². The van der Waals surface area contributed by atoms with E-state index in [1.807, 2.05) is 37.3 Å². The molecule has 0 atom stereocenters. The lowest BCUT2D eigenvalue weighted by Crippen LogP contribution is -2.23. The van der Waals surface area contributed by atoms with Gasteiger partial charge in [-0.05, 0) is 61.6 Å². The van der Waals surface area contributed by atoms with E-state index in [1.54, 1.807) is 36.6 Å². The average molecular weight is 442 g/mol. The van der Waals surface area contributed by atoms with Crippen molar-refractivity contribution >= 4 is 41.1 Å². The van der Waals surface area contributed by atoms with Crippen LogP contribution in [0.3, 0.4) is 0 Å². The fraction of sp³-hybridized carbons (Fsp3) is 0.120. The van der Waals surface area contributed by atoms with Crippen LogP contribution in [0.25, 0.3) is 17.2 Å². The Labute approximate surface area is 189 Å². The topological polar surface area (TPSA) is 109 Å². The SMILES string of the molecule is C/C=C1/C=CC(C(C(=O)OC)=c2ccc(=Cc3ccc(C(C(=O)OC)=C4C=CC=N4)[nH]3)[nH]2)=N1. The Bertz CT molecular complexity index is 1410. The van der Waals surface area contributed by atoms with Crippen LogP contribution < -0.4 is 10.7 Å². The molecule has 166 valence electrons. The van der Waals surface area contributed by atoms with Crippen LogP contribution in [0, 0.1) is 0 Å². The Morgan fingerprint density at radius 3 is 2.39 bits per heavy atom. The largest absolute Gasteiger partial charge is 0.465 e. The number of esters is 2. The van der Waals surface area contributed by atoms with Crippen LogP contribution in [0.4, 0.5) is 0 Å². The lowest BCUT2D eigenvalue weighted by molar-refractivity contribution is -0.134. The summed E-state index contributed by atoms with van der Waals surface area (Å²) in [7, 11) is 2.67. The summed E-state index contributed by atoms with van der Waals surface area (Å²) in [4.78, 5) is 39.9. The van der Waals surface area contributed by atoms with E-state index in [1.165, 1.54) is 14.2 Å². The molecule has 0 saturated carbocycles. The molecule has 0 fully saturated rings. The van der Waals surface area contributed by atoms with E-state index in [9.17, 15) is 9.59 Å². The van der Waals surface area contributed by atoms with E-state index < -0.39 is 11.9 Å². The number of methoxy groups -OCH3 is 2. The van der Waals surface area contributed by atoms with Crippen molar-refractivity contribution in [1.29, 1.82) is 0 Å². The van der Waals surface area contributed by atoms with E-state index in [4.69, 9.17) is 9.47 Å². The van der Waals surface area contributed by atoms with Crippen molar-refractivity contribution in [3.05, 3.63) is 88.1 Å². The molecule has 0 spiro atoms. The number of rotatable bonds is 5. The number of ether oxygens (including phenoxy) is 2. The van der Waals surface area contributed by atoms with Crippen molar-refractivity contribution in [2.75, 3.05) is 14.2 Å². The van der Waals surface area contributed by atoms with Crippen molar-refractivity contribution in [3.8, 4) is 0 Å². The summed E-state index contributed by atoms with van der Waals surface area (Å²) in [5, 5.41) is 1.34. The molecule has 2 aromatic heterocycles. The standard InChI is InChI=1S/C25H22N4O4/c1-4-15-7-10-20(27-15)23(25(31)33-3)21-12-9-17(29-21)14-16-8-11-19(28-16)22(24(30)32-2)18-6-5-13-26-18/h4-14,28-29H,1-3H3/b15-4-,17-14?,22-18?,23-21?. The lowest BCUT2D eigenvalue weighted by Gasteiger charge is -2.05. The molecule has 0 aliphatic carbocycles. The average Bonchev–Trinajstić information content (AvgIpc) is 3.63. The van der Waals surface area contributed by atoms with Crippen LogP contribution in [0.5, 0.6) is 0 Å². The van der Waals surface area contributed by atoms with Gasteiger partial charge in [0.1, 0.15) is 11.1 Å². The first-order chi connectivity index (χ1) is 16.0. The molecule has 0 bridgehead atoms. The van der Waals surface area contributed by atoms with Gasteiger partial charge in [-0.3, -0.25) is 4.99 Å². The van der Waals surface area contributed by atoms with Gasteiger partial charge in [-0.2, -0.15) is 0 Å². The summed E-state index contributed by atoms with van der Waals surface area (Å²) in [6.07, 6.45) is 12.5. The first kappa shape index (κ1) is 21.8. The molecule has 2 aromatic rings. The van der Waals surface area contributed by atoms with Crippen LogP contribution in [-0.4, -0.2) is 48.1 Å². The summed E-state index contributed by atoms with van der Waals surface area (Å²) < 4.78 is 9.90. The highest BCUT2D eigenvalue weighted by atomic mass is 16.5. The third-order valence-electron chi connectivity index (χ3n) is 5.07. The number of carbonyl (C=O) groups is 2. The minimum absolute atomic E-state index is 0.348. The predicted octanol–water partition coefficient (Wildman–Crippen LogP) is 1.93. The molecular formula is C25H22N4O4. The quantitative estimate of drug-likeness (QED) is 0.545. The molecule has 0 amide bonds. The van der Waals surface area contributed by atoms with Crippen molar-refractivity contribution in [1.82, 2.24) is 9.97 Å². The molecule has 2 aliphatic heterocycles. The highest BCUT2D eigenvalue weighted by Gasteiger charge is 2.20. The summed E-state index contributed by atoms with van der Waals surface area (Å²) in [5.74, 6) is -0.960. The number of carbonyl (C=O) groups excluding carboxylic acids is 2. The van der Waals surface area contributed by atoms with Gasteiger partial charge in [0.05, 0.1) is 42.4 Å². The van der Waals surface area contributed by atoms with Crippen LogP contribution in [-0.2, 0) is 19.1 Å². The Kier molecular flexibility index (Phi) is 6.17. The maximum atomic E-state index is 12.5. The zero-order valence-electron chi connectivity index (χ0n) is 18.4. The second-order valence-corrected chi connectivity index (χ2v) is 7.10. The lowest BCUT2D eigenvalue weighted by atomic mass is 10.1. The predicted molar refractivity (Wildman–Crippen MR) is 127 cm³/mol. The number of aromatic amines is 2. The van der Waals surface area contributed by atoms with Crippen LogP contribution in [0.2, 0.25) is 0 Å². The summed E-state index contributed by atoms with van der Waals surface area (Å²) in [6, 6.07) is 7.28. The number of H-pyrrole nitrogens is 2. The van der Waals surface area contributed by atoms with Gasteiger partial charge in [-0.25, -0.2) is 14.6 Å². The third kappa shape index (κ3) is 4.45. The molecule has 0 radical (unpaired) electrons. The van der Waals surface area contributed by atoms with E-state index in [2.05, 4.69) is 20.0 Å². The molecule has 0 saturated heterocycles. The number of aromatic nitrogens is 2. The molecule has 2 N–H and O–H groups in total. The normalized spacial score (nSPS) is 18.7. The van der Waals surface area contributed by atoms with Crippen LogP contribution in [0.1, 0.15) is 18.3 Å². The Morgan fingerprint density at radius 1 is 0.939 bits per heavy atom. The number of hydrogen-bond acceptors (Lipinski definition) is 6. The number of nitrogens with one attached hydrogen (secondary N) is 2. The van der Waals surface area contributed by atoms with Crippen LogP contribution in [0.15, 0.2) is 76.0 Å². The van der Waals surface area contributed by atoms with Gasteiger partial charge in [0, 0.05) is 17.3 Å².